The van der Waals surface area contributed by atoms with Crippen LogP contribution in [-0.4, -0.2) is 62.4 Å². The van der Waals surface area contributed by atoms with Gasteiger partial charge in [-0.25, -0.2) is 8.42 Å². The van der Waals surface area contributed by atoms with Crippen LogP contribution < -0.4 is 10.1 Å². The topological polar surface area (TPSA) is 96.0 Å². The Kier molecular flexibility index (Phi) is 10.3. The molecule has 2 amide bonds. The Labute approximate surface area is 229 Å². The normalized spacial score (nSPS) is 12.1. The summed E-state index contributed by atoms with van der Waals surface area (Å²) in [6.45, 7) is -0.120. The van der Waals surface area contributed by atoms with Crippen molar-refractivity contribution in [1.29, 1.82) is 0 Å². The van der Waals surface area contributed by atoms with Gasteiger partial charge in [0.25, 0.3) is 0 Å². The van der Waals surface area contributed by atoms with Crippen molar-refractivity contribution in [1.82, 2.24) is 14.5 Å². The molecule has 0 aliphatic heterocycles. The van der Waals surface area contributed by atoms with Gasteiger partial charge < -0.3 is 15.0 Å². The molecule has 3 rings (SSSR count). The summed E-state index contributed by atoms with van der Waals surface area (Å²) in [7, 11) is -0.721. The number of sulfonamides is 1. The zero-order valence-corrected chi connectivity index (χ0v) is 23.2. The molecular formula is C28H32ClN3O5S. The van der Waals surface area contributed by atoms with Crippen LogP contribution in [0.2, 0.25) is 5.02 Å². The van der Waals surface area contributed by atoms with Crippen molar-refractivity contribution in [2.45, 2.75) is 25.6 Å². The first kappa shape index (κ1) is 29.2. The smallest absolute Gasteiger partial charge is 0.243 e. The lowest BCUT2D eigenvalue weighted by molar-refractivity contribution is -0.141. The Morgan fingerprint density at radius 3 is 2.21 bits per heavy atom. The van der Waals surface area contributed by atoms with Gasteiger partial charge in [-0.05, 0) is 29.3 Å². The second kappa shape index (κ2) is 13.4. The third-order valence-corrected chi connectivity index (χ3v) is 7.62. The summed E-state index contributed by atoms with van der Waals surface area (Å²) in [5.74, 6) is -0.235. The van der Waals surface area contributed by atoms with Crippen LogP contribution in [0.5, 0.6) is 5.75 Å². The molecule has 38 heavy (non-hydrogen) atoms. The third kappa shape index (κ3) is 8.31. The van der Waals surface area contributed by atoms with E-state index >= 15 is 0 Å². The molecule has 0 fully saturated rings. The van der Waals surface area contributed by atoms with E-state index in [1.807, 2.05) is 48.5 Å². The Morgan fingerprint density at radius 1 is 0.947 bits per heavy atom. The van der Waals surface area contributed by atoms with Crippen LogP contribution in [0.1, 0.15) is 16.7 Å². The summed E-state index contributed by atoms with van der Waals surface area (Å²) in [6.07, 6.45) is 1.27. The number of hydrogen-bond acceptors (Lipinski definition) is 5. The number of hydrogen-bond donors (Lipinski definition) is 1. The Bertz CT molecular complexity index is 1330. The fourth-order valence-corrected chi connectivity index (χ4v) is 4.36. The predicted molar refractivity (Wildman–Crippen MR) is 148 cm³/mol. The van der Waals surface area contributed by atoms with Crippen LogP contribution in [0.3, 0.4) is 0 Å². The first-order chi connectivity index (χ1) is 18.1. The van der Waals surface area contributed by atoms with Gasteiger partial charge in [-0.1, -0.05) is 72.3 Å². The van der Waals surface area contributed by atoms with E-state index in [9.17, 15) is 18.0 Å². The van der Waals surface area contributed by atoms with E-state index in [-0.39, 0.29) is 25.4 Å². The number of halogens is 1. The molecule has 1 N–H and O–H groups in total. The molecule has 0 heterocycles. The molecule has 1 atom stereocenters. The van der Waals surface area contributed by atoms with Crippen LogP contribution in [0.15, 0.2) is 78.9 Å². The molecule has 0 saturated carbocycles. The monoisotopic (exact) mass is 557 g/mol. The summed E-state index contributed by atoms with van der Waals surface area (Å²) in [5.41, 5.74) is 2.39. The molecule has 0 bridgehead atoms. The predicted octanol–water partition coefficient (Wildman–Crippen LogP) is 3.50. The molecule has 8 nitrogen and oxygen atoms in total. The van der Waals surface area contributed by atoms with Crippen molar-refractivity contribution in [3.8, 4) is 5.75 Å². The molecule has 202 valence electrons. The van der Waals surface area contributed by atoms with Crippen LogP contribution in [-0.2, 0) is 39.1 Å². The van der Waals surface area contributed by atoms with E-state index in [1.165, 1.54) is 11.9 Å². The zero-order valence-electron chi connectivity index (χ0n) is 21.6. The Morgan fingerprint density at radius 2 is 1.58 bits per heavy atom. The first-order valence-electron chi connectivity index (χ1n) is 12.0. The molecule has 0 saturated heterocycles. The Balaban J connectivity index is 1.96. The van der Waals surface area contributed by atoms with Crippen molar-refractivity contribution >= 4 is 33.4 Å². The highest BCUT2D eigenvalue weighted by atomic mass is 35.5. The number of nitrogens with one attached hydrogen (secondary N) is 1. The van der Waals surface area contributed by atoms with E-state index < -0.39 is 28.5 Å². The van der Waals surface area contributed by atoms with Crippen LogP contribution >= 0.6 is 11.6 Å². The minimum atomic E-state index is -3.61. The lowest BCUT2D eigenvalue weighted by Gasteiger charge is -2.32. The van der Waals surface area contributed by atoms with Crippen LogP contribution in [0.4, 0.5) is 0 Å². The molecule has 1 unspecified atom stereocenters. The summed E-state index contributed by atoms with van der Waals surface area (Å²) >= 11 is 6.05. The maximum atomic E-state index is 13.7. The standard InChI is InChI=1S/C28H32ClN3O5S/c1-31(38(3,35)36)20-27(33)32(19-22-13-15-24(29)16-14-22)25(17-21-9-5-4-6-10-21)28(34)30-18-23-11-7-8-12-26(23)37-2/h4-16,25H,17-20H2,1-3H3,(H,30,34). The lowest BCUT2D eigenvalue weighted by Crippen LogP contribution is -2.52. The maximum absolute atomic E-state index is 13.7. The molecule has 0 aliphatic carbocycles. The molecule has 10 heteroatoms. The van der Waals surface area contributed by atoms with Gasteiger partial charge in [0.2, 0.25) is 21.8 Å². The number of likely N-dealkylation sites (N-methyl/N-ethyl adjacent to an activating group) is 1. The molecular weight excluding hydrogens is 526 g/mol. The number of rotatable bonds is 12. The highest BCUT2D eigenvalue weighted by Crippen LogP contribution is 2.19. The average Bonchev–Trinajstić information content (AvgIpc) is 2.90. The summed E-state index contributed by atoms with van der Waals surface area (Å²) in [4.78, 5) is 28.7. The summed E-state index contributed by atoms with van der Waals surface area (Å²) < 4.78 is 30.5. The fourth-order valence-electron chi connectivity index (χ4n) is 3.89. The number of methoxy groups -OCH3 is 1. The fraction of sp³-hybridized carbons (Fsp3) is 0.286. The lowest BCUT2D eigenvalue weighted by atomic mass is 10.0. The minimum Gasteiger partial charge on any atom is -0.496 e. The highest BCUT2D eigenvalue weighted by molar-refractivity contribution is 7.88. The van der Waals surface area contributed by atoms with Gasteiger partial charge in [-0.2, -0.15) is 4.31 Å². The highest BCUT2D eigenvalue weighted by Gasteiger charge is 2.32. The summed E-state index contributed by atoms with van der Waals surface area (Å²) in [5, 5.41) is 3.48. The van der Waals surface area contributed by atoms with E-state index in [2.05, 4.69) is 5.32 Å². The van der Waals surface area contributed by atoms with Gasteiger partial charge in [0.1, 0.15) is 11.8 Å². The molecule has 3 aromatic carbocycles. The second-order valence-corrected chi connectivity index (χ2v) is 11.4. The van der Waals surface area contributed by atoms with Gasteiger partial charge in [0.05, 0.1) is 19.9 Å². The van der Waals surface area contributed by atoms with Crippen molar-refractivity contribution in [2.24, 2.45) is 0 Å². The van der Waals surface area contributed by atoms with E-state index in [0.717, 1.165) is 27.3 Å². The number of ether oxygens (including phenoxy) is 1. The van der Waals surface area contributed by atoms with Gasteiger partial charge >= 0.3 is 0 Å². The van der Waals surface area contributed by atoms with E-state index in [1.54, 1.807) is 37.4 Å². The van der Waals surface area contributed by atoms with E-state index in [4.69, 9.17) is 16.3 Å². The SMILES string of the molecule is COc1ccccc1CNC(=O)C(Cc1ccccc1)N(Cc1ccc(Cl)cc1)C(=O)CN(C)S(C)(=O)=O. The largest absolute Gasteiger partial charge is 0.496 e. The van der Waals surface area contributed by atoms with Gasteiger partial charge in [0.15, 0.2) is 0 Å². The van der Waals surface area contributed by atoms with Crippen molar-refractivity contribution in [3.63, 3.8) is 0 Å². The zero-order chi connectivity index (χ0) is 27.7. The van der Waals surface area contributed by atoms with Crippen LogP contribution in [0, 0.1) is 0 Å². The van der Waals surface area contributed by atoms with Crippen molar-refractivity contribution < 1.29 is 22.7 Å². The number of carbonyl (C=O) groups excluding carboxylic acids is 2. The maximum Gasteiger partial charge on any atom is 0.243 e. The quantitative estimate of drug-likeness (QED) is 0.368. The molecule has 0 aromatic heterocycles. The van der Waals surface area contributed by atoms with Gasteiger partial charge in [-0.3, -0.25) is 9.59 Å². The number of nitrogens with zero attached hydrogens (tertiary/aromatic N) is 2. The number of amides is 2. The van der Waals surface area contributed by atoms with Crippen molar-refractivity contribution in [2.75, 3.05) is 27.0 Å². The number of benzene rings is 3. The molecule has 0 radical (unpaired) electrons. The van der Waals surface area contributed by atoms with Gasteiger partial charge in [0, 0.05) is 37.1 Å². The first-order valence-corrected chi connectivity index (χ1v) is 14.2. The third-order valence-electron chi connectivity index (χ3n) is 6.11. The Hall–Kier alpha value is -3.40. The number of para-hydroxylation sites is 1. The number of carbonyl (C=O) groups is 2. The van der Waals surface area contributed by atoms with Gasteiger partial charge in [-0.15, -0.1) is 0 Å². The summed E-state index contributed by atoms with van der Waals surface area (Å²) in [6, 6.07) is 22.8. The average molecular weight is 558 g/mol. The van der Waals surface area contributed by atoms with Crippen LogP contribution in [0.25, 0.3) is 0 Å². The van der Waals surface area contributed by atoms with Crippen molar-refractivity contribution in [3.05, 3.63) is 101 Å². The van der Waals surface area contributed by atoms with E-state index in [0.29, 0.717) is 10.8 Å². The molecule has 0 spiro atoms. The minimum absolute atomic E-state index is 0.0905. The molecule has 0 aliphatic rings. The molecule has 3 aromatic rings. The second-order valence-electron chi connectivity index (χ2n) is 8.90.